The molecule has 3 heteroatoms. The molecule has 1 unspecified atom stereocenters. The van der Waals surface area contributed by atoms with E-state index in [1.807, 2.05) is 0 Å². The molecule has 2 saturated heterocycles. The minimum Gasteiger partial charge on any atom is -0.481 e. The topological polar surface area (TPSA) is 40.5 Å². The number of aliphatic carboxylic acids is 1. The number of nitrogens with zero attached hydrogens (tertiary/aromatic N) is 1. The van der Waals surface area contributed by atoms with E-state index < -0.39 is 5.97 Å². The third-order valence-corrected chi connectivity index (χ3v) is 5.83. The first kappa shape index (κ1) is 17.0. The highest BCUT2D eigenvalue weighted by Crippen LogP contribution is 2.37. The number of carboxylic acids is 1. The Labute approximate surface area is 155 Å². The van der Waals surface area contributed by atoms with Crippen molar-refractivity contribution in [3.05, 3.63) is 77.4 Å². The molecule has 0 spiro atoms. The molecular weight excluding hydrogens is 322 g/mol. The molecule has 26 heavy (non-hydrogen) atoms. The summed E-state index contributed by atoms with van der Waals surface area (Å²) >= 11 is 0. The van der Waals surface area contributed by atoms with Crippen LogP contribution in [0.2, 0.25) is 0 Å². The summed E-state index contributed by atoms with van der Waals surface area (Å²) in [5.74, 6) is -0.835. The van der Waals surface area contributed by atoms with Crippen LogP contribution >= 0.6 is 0 Å². The van der Waals surface area contributed by atoms with E-state index in [-0.39, 0.29) is 5.92 Å². The van der Waals surface area contributed by atoms with Gasteiger partial charge in [-0.3, -0.25) is 9.69 Å². The average molecular weight is 347 g/mol. The quantitative estimate of drug-likeness (QED) is 0.892. The highest BCUT2D eigenvalue weighted by molar-refractivity contribution is 5.82. The van der Waals surface area contributed by atoms with Crippen LogP contribution < -0.4 is 0 Å². The fourth-order valence-electron chi connectivity index (χ4n) is 4.48. The van der Waals surface area contributed by atoms with Gasteiger partial charge in [0.25, 0.3) is 0 Å². The van der Waals surface area contributed by atoms with Crippen LogP contribution in [-0.2, 0) is 4.79 Å². The van der Waals surface area contributed by atoms with Crippen LogP contribution in [0.1, 0.15) is 36.8 Å². The van der Waals surface area contributed by atoms with E-state index in [1.165, 1.54) is 22.3 Å². The normalized spacial score (nSPS) is 23.3. The van der Waals surface area contributed by atoms with Crippen molar-refractivity contribution >= 4 is 11.5 Å². The lowest BCUT2D eigenvalue weighted by Gasteiger charge is -2.43. The minimum absolute atomic E-state index is 0.195. The number of carbonyl (C=O) groups is 1. The Morgan fingerprint density at radius 2 is 1.54 bits per heavy atom. The molecule has 134 valence electrons. The number of hydrogen-bond acceptors (Lipinski definition) is 2. The van der Waals surface area contributed by atoms with Gasteiger partial charge in [0.15, 0.2) is 0 Å². The number of carboxylic acid groups (broad SMARTS) is 1. The van der Waals surface area contributed by atoms with Crippen LogP contribution in [0.3, 0.4) is 0 Å². The van der Waals surface area contributed by atoms with Gasteiger partial charge in [0.05, 0.1) is 5.92 Å². The van der Waals surface area contributed by atoms with Gasteiger partial charge in [0.1, 0.15) is 0 Å². The maximum Gasteiger partial charge on any atom is 0.307 e. The Morgan fingerprint density at radius 3 is 2.12 bits per heavy atom. The fourth-order valence-corrected chi connectivity index (χ4v) is 4.48. The summed E-state index contributed by atoms with van der Waals surface area (Å²) in [6.45, 7) is 1.67. The summed E-state index contributed by atoms with van der Waals surface area (Å²) in [4.78, 5) is 13.7. The van der Waals surface area contributed by atoms with Crippen molar-refractivity contribution < 1.29 is 9.90 Å². The van der Waals surface area contributed by atoms with Gasteiger partial charge in [-0.15, -0.1) is 0 Å². The van der Waals surface area contributed by atoms with Crippen molar-refractivity contribution in [3.8, 4) is 0 Å². The molecule has 1 N–H and O–H groups in total. The highest BCUT2D eigenvalue weighted by atomic mass is 16.4. The Balaban J connectivity index is 1.66. The second-order valence-electron chi connectivity index (χ2n) is 7.43. The maximum absolute atomic E-state index is 11.3. The summed E-state index contributed by atoms with van der Waals surface area (Å²) < 4.78 is 0. The van der Waals surface area contributed by atoms with Gasteiger partial charge in [0, 0.05) is 19.1 Å². The molecule has 2 heterocycles. The van der Waals surface area contributed by atoms with Crippen LogP contribution in [-0.4, -0.2) is 35.1 Å². The Hall–Kier alpha value is -2.39. The first-order valence-electron chi connectivity index (χ1n) is 9.52. The average Bonchev–Trinajstić information content (AvgIpc) is 2.69. The summed E-state index contributed by atoms with van der Waals surface area (Å²) in [5.41, 5.74) is 5.44. The first-order valence-corrected chi connectivity index (χ1v) is 9.52. The zero-order chi connectivity index (χ0) is 17.9. The van der Waals surface area contributed by atoms with Gasteiger partial charge in [-0.05, 0) is 42.4 Å². The highest BCUT2D eigenvalue weighted by Gasteiger charge is 2.35. The zero-order valence-corrected chi connectivity index (χ0v) is 15.0. The van der Waals surface area contributed by atoms with E-state index >= 15 is 0 Å². The summed E-state index contributed by atoms with van der Waals surface area (Å²) in [5, 5.41) is 9.33. The zero-order valence-electron chi connectivity index (χ0n) is 15.0. The molecule has 0 amide bonds. The van der Waals surface area contributed by atoms with Gasteiger partial charge < -0.3 is 5.11 Å². The lowest BCUT2D eigenvalue weighted by Crippen LogP contribution is -2.48. The van der Waals surface area contributed by atoms with Crippen LogP contribution in [0, 0.1) is 5.92 Å². The predicted octanol–water partition coefficient (Wildman–Crippen LogP) is 4.45. The van der Waals surface area contributed by atoms with Gasteiger partial charge >= 0.3 is 5.97 Å². The second kappa shape index (κ2) is 7.46. The molecule has 0 saturated carbocycles. The Morgan fingerprint density at radius 1 is 0.923 bits per heavy atom. The van der Waals surface area contributed by atoms with E-state index in [0.717, 1.165) is 32.2 Å². The molecule has 2 aromatic rings. The standard InChI is InChI=1S/C23H25NO2/c25-23(26)20-11-12-21-15-19(13-14-24(21)16-20)22(17-7-3-1-4-8-17)18-9-5-2-6-10-18/h1-10,20-21H,11-16H2,(H,25,26)/t20-,21?/m1/s1. The van der Waals surface area contributed by atoms with Gasteiger partial charge in [0.2, 0.25) is 0 Å². The van der Waals surface area contributed by atoms with E-state index in [4.69, 9.17) is 0 Å². The number of rotatable bonds is 3. The Kier molecular flexibility index (Phi) is 4.89. The molecule has 2 atom stereocenters. The SMILES string of the molecule is O=C(O)[C@@H]1CCC2CC(=C(c3ccccc3)c3ccccc3)CCN2C1. The smallest absolute Gasteiger partial charge is 0.307 e. The van der Waals surface area contributed by atoms with Crippen LogP contribution in [0.25, 0.3) is 5.57 Å². The maximum atomic E-state index is 11.3. The van der Waals surface area contributed by atoms with Crippen LogP contribution in [0.15, 0.2) is 66.2 Å². The number of benzene rings is 2. The first-order chi connectivity index (χ1) is 12.7. The number of hydrogen-bond donors (Lipinski definition) is 1. The molecule has 2 aromatic carbocycles. The molecule has 2 aliphatic heterocycles. The monoisotopic (exact) mass is 347 g/mol. The van der Waals surface area contributed by atoms with E-state index in [1.54, 1.807) is 0 Å². The van der Waals surface area contributed by atoms with Gasteiger partial charge in [-0.25, -0.2) is 0 Å². The molecule has 2 fully saturated rings. The van der Waals surface area contributed by atoms with Crippen LogP contribution in [0.4, 0.5) is 0 Å². The summed E-state index contributed by atoms with van der Waals surface area (Å²) in [7, 11) is 0. The molecule has 2 aliphatic rings. The molecule has 0 aromatic heterocycles. The van der Waals surface area contributed by atoms with Crippen molar-refractivity contribution in [3.63, 3.8) is 0 Å². The summed E-state index contributed by atoms with van der Waals surface area (Å²) in [6, 6.07) is 21.8. The van der Waals surface area contributed by atoms with Crippen molar-refractivity contribution in [1.29, 1.82) is 0 Å². The van der Waals surface area contributed by atoms with E-state index in [2.05, 4.69) is 65.6 Å². The third kappa shape index (κ3) is 3.45. The fraction of sp³-hybridized carbons (Fsp3) is 0.348. The molecular formula is C23H25NO2. The lowest BCUT2D eigenvalue weighted by atomic mass is 9.81. The Bertz CT molecular complexity index is 756. The van der Waals surface area contributed by atoms with Crippen LogP contribution in [0.5, 0.6) is 0 Å². The van der Waals surface area contributed by atoms with Crippen molar-refractivity contribution in [2.45, 2.75) is 31.7 Å². The van der Waals surface area contributed by atoms with E-state index in [9.17, 15) is 9.90 Å². The minimum atomic E-state index is -0.640. The molecule has 0 radical (unpaired) electrons. The summed E-state index contributed by atoms with van der Waals surface area (Å²) in [6.07, 6.45) is 3.85. The largest absolute Gasteiger partial charge is 0.481 e. The van der Waals surface area contributed by atoms with Crippen molar-refractivity contribution in [2.75, 3.05) is 13.1 Å². The predicted molar refractivity (Wildman–Crippen MR) is 104 cm³/mol. The number of piperidine rings is 2. The second-order valence-corrected chi connectivity index (χ2v) is 7.43. The van der Waals surface area contributed by atoms with Gasteiger partial charge in [-0.2, -0.15) is 0 Å². The molecule has 4 rings (SSSR count). The molecule has 3 nitrogen and oxygen atoms in total. The number of fused-ring (bicyclic) bond motifs is 1. The third-order valence-electron chi connectivity index (χ3n) is 5.83. The molecule has 0 bridgehead atoms. The van der Waals surface area contributed by atoms with Crippen molar-refractivity contribution in [2.24, 2.45) is 5.92 Å². The van der Waals surface area contributed by atoms with Gasteiger partial charge in [-0.1, -0.05) is 66.2 Å². The van der Waals surface area contributed by atoms with E-state index in [0.29, 0.717) is 12.6 Å². The lowest BCUT2D eigenvalue weighted by molar-refractivity contribution is -0.144. The van der Waals surface area contributed by atoms with Crippen molar-refractivity contribution in [1.82, 2.24) is 4.90 Å². The molecule has 0 aliphatic carbocycles.